The number of phenolic OH excluding ortho intramolecular Hbond substituents is 1. The lowest BCUT2D eigenvalue weighted by molar-refractivity contribution is -0.180. The Balaban J connectivity index is 1.75. The van der Waals surface area contributed by atoms with Crippen molar-refractivity contribution in [3.8, 4) is 17.6 Å². The van der Waals surface area contributed by atoms with Crippen molar-refractivity contribution in [1.82, 2.24) is 0 Å². The number of aryl methyl sites for hydroxylation is 1. The molecule has 5 rings (SSSR count). The third-order valence-electron chi connectivity index (χ3n) is 9.56. The van der Waals surface area contributed by atoms with Crippen molar-refractivity contribution in [2.24, 2.45) is 22.7 Å². The Labute approximate surface area is 240 Å². The Morgan fingerprint density at radius 2 is 1.71 bits per heavy atom. The van der Waals surface area contributed by atoms with Crippen molar-refractivity contribution in [3.63, 3.8) is 0 Å². The first-order valence-electron chi connectivity index (χ1n) is 14.0. The maximum Gasteiger partial charge on any atom is 0.206 e. The molecule has 3 N–H and O–H groups in total. The molecule has 41 heavy (non-hydrogen) atoms. The van der Waals surface area contributed by atoms with Gasteiger partial charge in [0.15, 0.2) is 11.4 Å². The van der Waals surface area contributed by atoms with Gasteiger partial charge in [0.1, 0.15) is 11.5 Å². The molecule has 0 amide bonds. The van der Waals surface area contributed by atoms with Crippen LogP contribution in [0.15, 0.2) is 53.1 Å². The predicted molar refractivity (Wildman–Crippen MR) is 156 cm³/mol. The molecule has 0 bridgehead atoms. The first-order chi connectivity index (χ1) is 19.1. The molecule has 2 aromatic rings. The van der Waals surface area contributed by atoms with E-state index in [1.807, 2.05) is 52.0 Å². The van der Waals surface area contributed by atoms with Crippen LogP contribution in [-0.2, 0) is 20.8 Å². The van der Waals surface area contributed by atoms with Crippen LogP contribution in [0, 0.1) is 41.4 Å². The van der Waals surface area contributed by atoms with Crippen LogP contribution in [0.4, 0.5) is 0 Å². The predicted octanol–water partition coefficient (Wildman–Crippen LogP) is 5.40. The number of ketones is 3. The number of hydrogen-bond donors (Lipinski definition) is 3. The Morgan fingerprint density at radius 3 is 2.32 bits per heavy atom. The Morgan fingerprint density at radius 1 is 1.02 bits per heavy atom. The minimum Gasteiger partial charge on any atom is -0.507 e. The Kier molecular flexibility index (Phi) is 6.47. The average Bonchev–Trinajstić information content (AvgIpc) is 2.85. The first-order valence-corrected chi connectivity index (χ1v) is 14.0. The van der Waals surface area contributed by atoms with Gasteiger partial charge in [0.25, 0.3) is 0 Å². The maximum absolute atomic E-state index is 14.4. The molecule has 0 aromatic heterocycles. The average molecular weight is 553 g/mol. The zero-order valence-corrected chi connectivity index (χ0v) is 24.6. The lowest BCUT2D eigenvalue weighted by atomic mass is 9.42. The number of fused-ring (bicyclic) bond motifs is 3. The summed E-state index contributed by atoms with van der Waals surface area (Å²) in [6.07, 6.45) is 0.450. The van der Waals surface area contributed by atoms with Gasteiger partial charge in [-0.1, -0.05) is 57.2 Å². The van der Waals surface area contributed by atoms with Gasteiger partial charge in [-0.2, -0.15) is 0 Å². The molecule has 1 fully saturated rings. The second-order valence-electron chi connectivity index (χ2n) is 12.9. The molecule has 0 radical (unpaired) electrons. The fourth-order valence-electron chi connectivity index (χ4n) is 8.23. The SMILES string of the molecule is CC(=O)C1=C(C)[C@@H](C(C)C)[C@]2(C)C[C@]3(C)Cc4c(C#Cc5cccc(C)c5)ccc(O)c4C(O)=C3C(=O)[C@]2(O)C1=O. The quantitative estimate of drug-likeness (QED) is 0.261. The van der Waals surface area contributed by atoms with Gasteiger partial charge < -0.3 is 15.3 Å². The number of carbonyl (C=O) groups is 3. The topological polar surface area (TPSA) is 112 Å². The Bertz CT molecular complexity index is 1680. The largest absolute Gasteiger partial charge is 0.507 e. The van der Waals surface area contributed by atoms with Gasteiger partial charge in [-0.05, 0) is 80.8 Å². The molecule has 3 aliphatic rings. The van der Waals surface area contributed by atoms with Crippen LogP contribution in [0.1, 0.15) is 75.8 Å². The lowest BCUT2D eigenvalue weighted by Crippen LogP contribution is -2.70. The molecule has 212 valence electrons. The van der Waals surface area contributed by atoms with Gasteiger partial charge in [-0.15, -0.1) is 0 Å². The summed E-state index contributed by atoms with van der Waals surface area (Å²) in [5, 5.41) is 34.7. The van der Waals surface area contributed by atoms with Gasteiger partial charge in [0, 0.05) is 27.5 Å². The molecule has 0 aliphatic heterocycles. The van der Waals surface area contributed by atoms with E-state index < -0.39 is 45.5 Å². The summed E-state index contributed by atoms with van der Waals surface area (Å²) >= 11 is 0. The highest BCUT2D eigenvalue weighted by molar-refractivity contribution is 6.33. The van der Waals surface area contributed by atoms with Crippen LogP contribution >= 0.6 is 0 Å². The van der Waals surface area contributed by atoms with Gasteiger partial charge >= 0.3 is 0 Å². The first kappa shape index (κ1) is 28.6. The van der Waals surface area contributed by atoms with E-state index in [1.54, 1.807) is 19.9 Å². The van der Waals surface area contributed by atoms with E-state index in [0.29, 0.717) is 16.7 Å². The number of allylic oxidation sites excluding steroid dienone is 1. The van der Waals surface area contributed by atoms with Crippen LogP contribution in [0.5, 0.6) is 5.75 Å². The van der Waals surface area contributed by atoms with Gasteiger partial charge in [0.2, 0.25) is 11.6 Å². The molecule has 6 heteroatoms. The van der Waals surface area contributed by atoms with E-state index in [2.05, 4.69) is 11.8 Å². The molecule has 1 saturated carbocycles. The van der Waals surface area contributed by atoms with Gasteiger partial charge in [-0.3, -0.25) is 14.4 Å². The van der Waals surface area contributed by atoms with Crippen LogP contribution in [-0.4, -0.2) is 38.3 Å². The molecule has 0 spiro atoms. The third kappa shape index (κ3) is 3.86. The normalized spacial score (nSPS) is 29.0. The number of benzene rings is 2. The zero-order chi connectivity index (χ0) is 30.2. The van der Waals surface area contributed by atoms with E-state index in [4.69, 9.17) is 0 Å². The molecular weight excluding hydrogens is 516 g/mol. The fraction of sp³-hybridized carbons (Fsp3) is 0.400. The van der Waals surface area contributed by atoms with Crippen LogP contribution < -0.4 is 0 Å². The number of hydrogen-bond acceptors (Lipinski definition) is 6. The highest BCUT2D eigenvalue weighted by atomic mass is 16.3. The summed E-state index contributed by atoms with van der Waals surface area (Å²) in [5.41, 5.74) is -1.24. The minimum absolute atomic E-state index is 0.0799. The maximum atomic E-state index is 14.4. The molecule has 0 unspecified atom stereocenters. The van der Waals surface area contributed by atoms with Crippen LogP contribution in [0.25, 0.3) is 5.76 Å². The number of phenols is 1. The lowest BCUT2D eigenvalue weighted by Gasteiger charge is -2.60. The molecule has 4 atom stereocenters. The van der Waals surface area contributed by atoms with E-state index in [1.165, 1.54) is 13.0 Å². The summed E-state index contributed by atoms with van der Waals surface area (Å²) in [4.78, 5) is 40.9. The second kappa shape index (κ2) is 9.29. The van der Waals surface area contributed by atoms with Crippen molar-refractivity contribution in [1.29, 1.82) is 0 Å². The smallest absolute Gasteiger partial charge is 0.206 e. The molecule has 2 aromatic carbocycles. The van der Waals surface area contributed by atoms with E-state index in [9.17, 15) is 29.7 Å². The number of aliphatic hydroxyl groups is 2. The van der Waals surface area contributed by atoms with Gasteiger partial charge in [0.05, 0.1) is 11.1 Å². The number of aliphatic hydroxyl groups excluding tert-OH is 1. The van der Waals surface area contributed by atoms with E-state index >= 15 is 0 Å². The number of carbonyl (C=O) groups excluding carboxylic acids is 3. The van der Waals surface area contributed by atoms with E-state index in [0.717, 1.165) is 11.1 Å². The number of Topliss-reactive ketones (excluding diaryl/α,β-unsaturated/α-hetero) is 3. The van der Waals surface area contributed by atoms with Gasteiger partial charge in [-0.25, -0.2) is 0 Å². The summed E-state index contributed by atoms with van der Waals surface area (Å²) in [6, 6.07) is 10.9. The van der Waals surface area contributed by atoms with Crippen molar-refractivity contribution in [2.75, 3.05) is 0 Å². The van der Waals surface area contributed by atoms with Crippen molar-refractivity contribution in [2.45, 2.75) is 66.9 Å². The summed E-state index contributed by atoms with van der Waals surface area (Å²) in [5.74, 6) is 2.81. The van der Waals surface area contributed by atoms with Crippen LogP contribution in [0.3, 0.4) is 0 Å². The summed E-state index contributed by atoms with van der Waals surface area (Å²) in [7, 11) is 0. The minimum atomic E-state index is -2.54. The second-order valence-corrected chi connectivity index (χ2v) is 12.9. The standard InChI is InChI=1S/C35H36O6/c1-18(2)28-20(4)26(21(5)36)31(39)35(41)32(40)29-30(38)27-24(16-33(29,6)17-34(28,35)7)23(13-14-25(27)37)12-11-22-10-8-9-19(3)15-22/h8-10,13-15,18,28,37-38,41H,16-17H2,1-7H3/t28-,33+,34+,35-/m1/s1. The fourth-order valence-corrected chi connectivity index (χ4v) is 8.23. The number of rotatable bonds is 2. The van der Waals surface area contributed by atoms with Crippen molar-refractivity contribution >= 4 is 23.1 Å². The van der Waals surface area contributed by atoms with E-state index in [-0.39, 0.29) is 41.2 Å². The van der Waals surface area contributed by atoms with Crippen LogP contribution in [0.2, 0.25) is 0 Å². The zero-order valence-electron chi connectivity index (χ0n) is 24.6. The molecule has 3 aliphatic carbocycles. The Hall–Kier alpha value is -3.95. The monoisotopic (exact) mass is 552 g/mol. The van der Waals surface area contributed by atoms with Crippen molar-refractivity contribution < 1.29 is 29.7 Å². The molecule has 0 saturated heterocycles. The molecular formula is C35H36O6. The third-order valence-corrected chi connectivity index (χ3v) is 9.56. The number of aromatic hydroxyl groups is 1. The van der Waals surface area contributed by atoms with Crippen molar-refractivity contribution in [3.05, 3.63) is 80.9 Å². The summed E-state index contributed by atoms with van der Waals surface area (Å²) in [6.45, 7) is 12.5. The highest BCUT2D eigenvalue weighted by Gasteiger charge is 2.72. The highest BCUT2D eigenvalue weighted by Crippen LogP contribution is 2.65. The summed E-state index contributed by atoms with van der Waals surface area (Å²) < 4.78 is 0. The molecule has 0 heterocycles. The molecule has 6 nitrogen and oxygen atoms in total.